The normalized spacial score (nSPS) is 49.6. The summed E-state index contributed by atoms with van der Waals surface area (Å²) < 4.78 is 0.371. The predicted molar refractivity (Wildman–Crippen MR) is 65.6 cm³/mol. The molecule has 3 heteroatoms. The maximum Gasteiger partial charge on any atom is 0.303 e. The van der Waals surface area contributed by atoms with Crippen LogP contribution < -0.4 is 0 Å². The quantitative estimate of drug-likeness (QED) is 0.805. The number of carboxylic acid groups (broad SMARTS) is 1. The molecule has 4 rings (SSSR count). The van der Waals surface area contributed by atoms with Gasteiger partial charge in [-0.2, -0.15) is 0 Å². The van der Waals surface area contributed by atoms with Gasteiger partial charge in [-0.3, -0.25) is 4.79 Å². The minimum absolute atomic E-state index is 0.364. The molecule has 4 fully saturated rings. The lowest BCUT2D eigenvalue weighted by molar-refractivity contribution is -0.139. The molecule has 16 heavy (non-hydrogen) atoms. The highest BCUT2D eigenvalue weighted by Gasteiger charge is 2.56. The van der Waals surface area contributed by atoms with Gasteiger partial charge in [0.05, 0.1) is 0 Å². The van der Waals surface area contributed by atoms with Crippen molar-refractivity contribution in [3.05, 3.63) is 0 Å². The molecule has 0 radical (unpaired) electrons. The lowest BCUT2D eigenvalue weighted by Gasteiger charge is -2.60. The average molecular weight is 287 g/mol. The van der Waals surface area contributed by atoms with E-state index in [-0.39, 0.29) is 0 Å². The molecule has 0 aromatic rings. The Labute approximate surface area is 105 Å². The SMILES string of the molecule is O=C(O)CCC12C[C@H]3C[C@@H](CC(Br)(C3)C1)C2. The summed E-state index contributed by atoms with van der Waals surface area (Å²) in [5.41, 5.74) is 0.367. The second-order valence-corrected chi connectivity index (χ2v) is 8.19. The molecule has 0 amide bonds. The molecule has 0 aromatic heterocycles. The fraction of sp³-hybridized carbons (Fsp3) is 0.923. The number of halogens is 1. The van der Waals surface area contributed by atoms with E-state index in [4.69, 9.17) is 5.11 Å². The second-order valence-electron chi connectivity index (χ2n) is 6.51. The highest BCUT2D eigenvalue weighted by atomic mass is 79.9. The van der Waals surface area contributed by atoms with E-state index in [9.17, 15) is 4.79 Å². The molecule has 1 N–H and O–H groups in total. The third-order valence-electron chi connectivity index (χ3n) is 4.98. The first-order chi connectivity index (χ1) is 7.49. The minimum atomic E-state index is -0.626. The Morgan fingerprint density at radius 1 is 1.25 bits per heavy atom. The number of hydrogen-bond acceptors (Lipinski definition) is 1. The summed E-state index contributed by atoms with van der Waals surface area (Å²) in [6.45, 7) is 0. The molecule has 4 bridgehead atoms. The van der Waals surface area contributed by atoms with Crippen molar-refractivity contribution in [2.45, 2.75) is 55.7 Å². The molecule has 0 aliphatic heterocycles. The van der Waals surface area contributed by atoms with Gasteiger partial charge < -0.3 is 5.11 Å². The Morgan fingerprint density at radius 3 is 2.38 bits per heavy atom. The fourth-order valence-corrected chi connectivity index (χ4v) is 6.51. The van der Waals surface area contributed by atoms with Crippen molar-refractivity contribution in [2.24, 2.45) is 17.3 Å². The third-order valence-corrected chi connectivity index (χ3v) is 5.91. The largest absolute Gasteiger partial charge is 0.481 e. The number of aliphatic carboxylic acids is 1. The average Bonchev–Trinajstić information content (AvgIpc) is 2.10. The Kier molecular flexibility index (Phi) is 2.40. The number of carboxylic acids is 1. The Bertz CT molecular complexity index is 312. The van der Waals surface area contributed by atoms with Crippen LogP contribution in [0.25, 0.3) is 0 Å². The fourth-order valence-electron chi connectivity index (χ4n) is 5.00. The molecular weight excluding hydrogens is 268 g/mol. The number of rotatable bonds is 3. The summed E-state index contributed by atoms with van der Waals surface area (Å²) in [4.78, 5) is 10.8. The molecule has 0 aromatic carbocycles. The summed E-state index contributed by atoms with van der Waals surface area (Å²) >= 11 is 3.95. The molecule has 0 spiro atoms. The van der Waals surface area contributed by atoms with Crippen molar-refractivity contribution in [2.75, 3.05) is 0 Å². The van der Waals surface area contributed by atoms with Crippen LogP contribution in [0, 0.1) is 17.3 Å². The zero-order valence-electron chi connectivity index (χ0n) is 9.54. The highest BCUT2D eigenvalue weighted by Crippen LogP contribution is 2.65. The van der Waals surface area contributed by atoms with Crippen LogP contribution in [0.3, 0.4) is 0 Å². The molecule has 2 atom stereocenters. The van der Waals surface area contributed by atoms with Crippen LogP contribution in [0.4, 0.5) is 0 Å². The molecule has 4 aliphatic carbocycles. The molecule has 0 saturated heterocycles. The molecule has 90 valence electrons. The molecule has 4 saturated carbocycles. The lowest BCUT2D eigenvalue weighted by atomic mass is 9.48. The van der Waals surface area contributed by atoms with Crippen LogP contribution >= 0.6 is 15.9 Å². The van der Waals surface area contributed by atoms with Crippen molar-refractivity contribution < 1.29 is 9.90 Å². The van der Waals surface area contributed by atoms with Crippen molar-refractivity contribution >= 4 is 21.9 Å². The van der Waals surface area contributed by atoms with Gasteiger partial charge in [0.2, 0.25) is 0 Å². The van der Waals surface area contributed by atoms with E-state index in [1.807, 2.05) is 0 Å². The van der Waals surface area contributed by atoms with Crippen molar-refractivity contribution in [1.82, 2.24) is 0 Å². The predicted octanol–water partition coefficient (Wildman–Crippen LogP) is 3.59. The zero-order chi connectivity index (χ0) is 11.4. The van der Waals surface area contributed by atoms with Crippen LogP contribution in [0.1, 0.15) is 51.4 Å². The monoisotopic (exact) mass is 286 g/mol. The summed E-state index contributed by atoms with van der Waals surface area (Å²) in [7, 11) is 0. The third kappa shape index (κ3) is 1.81. The molecular formula is C13H19BrO2. The topological polar surface area (TPSA) is 37.3 Å². The van der Waals surface area contributed by atoms with Crippen LogP contribution in [-0.2, 0) is 4.79 Å². The summed E-state index contributed by atoms with van der Waals surface area (Å²) in [6.07, 6.45) is 9.15. The van der Waals surface area contributed by atoms with E-state index in [1.165, 1.54) is 38.5 Å². The Hall–Kier alpha value is -0.0500. The van der Waals surface area contributed by atoms with Gasteiger partial charge in [0.1, 0.15) is 0 Å². The maximum absolute atomic E-state index is 10.8. The number of carbonyl (C=O) groups is 1. The molecule has 0 unspecified atom stereocenters. The first-order valence-electron chi connectivity index (χ1n) is 6.39. The lowest BCUT2D eigenvalue weighted by Crippen LogP contribution is -2.52. The van der Waals surface area contributed by atoms with Gasteiger partial charge in [-0.15, -0.1) is 0 Å². The van der Waals surface area contributed by atoms with Gasteiger partial charge in [-0.05, 0) is 62.2 Å². The molecule has 0 heterocycles. The van der Waals surface area contributed by atoms with E-state index in [1.54, 1.807) is 0 Å². The van der Waals surface area contributed by atoms with Crippen molar-refractivity contribution in [3.63, 3.8) is 0 Å². The van der Waals surface area contributed by atoms with Crippen molar-refractivity contribution in [3.8, 4) is 0 Å². The maximum atomic E-state index is 10.8. The minimum Gasteiger partial charge on any atom is -0.481 e. The molecule has 2 nitrogen and oxygen atoms in total. The van der Waals surface area contributed by atoms with E-state index in [0.29, 0.717) is 16.2 Å². The van der Waals surface area contributed by atoms with Gasteiger partial charge in [0, 0.05) is 10.7 Å². The van der Waals surface area contributed by atoms with Gasteiger partial charge >= 0.3 is 5.97 Å². The number of alkyl halides is 1. The molecule has 4 aliphatic rings. The van der Waals surface area contributed by atoms with Crippen LogP contribution in [-0.4, -0.2) is 15.4 Å². The summed E-state index contributed by atoms with van der Waals surface area (Å²) in [5.74, 6) is 1.11. The Balaban J connectivity index is 1.78. The van der Waals surface area contributed by atoms with E-state index in [0.717, 1.165) is 18.3 Å². The number of hydrogen-bond donors (Lipinski definition) is 1. The van der Waals surface area contributed by atoms with Gasteiger partial charge in [-0.1, -0.05) is 15.9 Å². The zero-order valence-corrected chi connectivity index (χ0v) is 11.1. The van der Waals surface area contributed by atoms with E-state index in [2.05, 4.69) is 15.9 Å². The first kappa shape index (κ1) is 11.1. The summed E-state index contributed by atoms with van der Waals surface area (Å²) in [6, 6.07) is 0. The highest BCUT2D eigenvalue weighted by molar-refractivity contribution is 9.10. The van der Waals surface area contributed by atoms with Crippen molar-refractivity contribution in [1.29, 1.82) is 0 Å². The first-order valence-corrected chi connectivity index (χ1v) is 7.19. The second kappa shape index (κ2) is 3.47. The Morgan fingerprint density at radius 2 is 1.88 bits per heavy atom. The van der Waals surface area contributed by atoms with Gasteiger partial charge in [0.25, 0.3) is 0 Å². The summed E-state index contributed by atoms with van der Waals surface area (Å²) in [5, 5.41) is 8.87. The van der Waals surface area contributed by atoms with Crippen LogP contribution in [0.2, 0.25) is 0 Å². The van der Waals surface area contributed by atoms with E-state index < -0.39 is 5.97 Å². The van der Waals surface area contributed by atoms with Gasteiger partial charge in [-0.25, -0.2) is 0 Å². The van der Waals surface area contributed by atoms with Crippen LogP contribution in [0.5, 0.6) is 0 Å². The van der Waals surface area contributed by atoms with Gasteiger partial charge in [0.15, 0.2) is 0 Å². The van der Waals surface area contributed by atoms with Crippen LogP contribution in [0.15, 0.2) is 0 Å². The van der Waals surface area contributed by atoms with E-state index >= 15 is 0 Å². The smallest absolute Gasteiger partial charge is 0.303 e. The standard InChI is InChI=1S/C13H19BrO2/c14-13-6-9-3-10(7-13)5-12(4-9,8-13)2-1-11(15)16/h9-10H,1-8H2,(H,15,16)/t9-,10-,12?,13?/m1/s1.